The molecule has 1 fully saturated rings. The van der Waals surface area contributed by atoms with Crippen molar-refractivity contribution in [2.75, 3.05) is 7.11 Å². The van der Waals surface area contributed by atoms with Gasteiger partial charge in [-0.15, -0.1) is 0 Å². The summed E-state index contributed by atoms with van der Waals surface area (Å²) >= 11 is 0. The zero-order valence-electron chi connectivity index (χ0n) is 13.9. The molecule has 0 spiro atoms. The Hall–Kier alpha value is -2.40. The van der Waals surface area contributed by atoms with Gasteiger partial charge >= 0.3 is 0 Å². The van der Waals surface area contributed by atoms with Crippen LogP contribution in [0.2, 0.25) is 0 Å². The van der Waals surface area contributed by atoms with Gasteiger partial charge in [-0.3, -0.25) is 9.78 Å². The molecule has 0 bridgehead atoms. The summed E-state index contributed by atoms with van der Waals surface area (Å²) in [7, 11) is 1.60. The summed E-state index contributed by atoms with van der Waals surface area (Å²) in [6, 6.07) is 10.9. The van der Waals surface area contributed by atoms with Crippen LogP contribution in [0.4, 0.5) is 0 Å². The lowest BCUT2D eigenvalue weighted by molar-refractivity contribution is 0.0228. The van der Waals surface area contributed by atoms with Gasteiger partial charge in [-0.2, -0.15) is 0 Å². The number of rotatable bonds is 5. The van der Waals surface area contributed by atoms with Crippen molar-refractivity contribution in [3.05, 3.63) is 59.4 Å². The molecule has 1 heterocycles. The summed E-state index contributed by atoms with van der Waals surface area (Å²) in [4.78, 5) is 17.1. The second kappa shape index (κ2) is 7.01. The maximum absolute atomic E-state index is 12.7. The molecule has 1 atom stereocenters. The van der Waals surface area contributed by atoms with Crippen molar-refractivity contribution in [3.63, 3.8) is 0 Å². The van der Waals surface area contributed by atoms with Crippen LogP contribution in [0.3, 0.4) is 0 Å². The third-order valence-electron chi connectivity index (χ3n) is 4.59. The number of aliphatic hydroxyl groups excluding tert-OH is 1. The Labute approximate surface area is 141 Å². The fourth-order valence-corrected chi connectivity index (χ4v) is 3.13. The largest absolute Gasteiger partial charge is 0.497 e. The van der Waals surface area contributed by atoms with Crippen LogP contribution < -0.4 is 10.1 Å². The highest BCUT2D eigenvalue weighted by Gasteiger charge is 2.36. The van der Waals surface area contributed by atoms with Crippen LogP contribution in [0.5, 0.6) is 5.75 Å². The van der Waals surface area contributed by atoms with Gasteiger partial charge < -0.3 is 15.2 Å². The highest BCUT2D eigenvalue weighted by molar-refractivity contribution is 5.96. The van der Waals surface area contributed by atoms with Crippen molar-refractivity contribution in [2.24, 2.45) is 5.92 Å². The Morgan fingerprint density at radius 3 is 2.71 bits per heavy atom. The van der Waals surface area contributed by atoms with Crippen LogP contribution in [0, 0.1) is 12.8 Å². The van der Waals surface area contributed by atoms with Crippen LogP contribution >= 0.6 is 0 Å². The standard InChI is InChI=1S/C19H22N2O3/c1-12-9-15(24-2)6-7-16(12)19(23)21-18(13-10-14(22)11-13)17-5-3-4-8-20-17/h3-9,13-14,18,22H,10-11H2,1-2H3,(H,21,23). The maximum atomic E-state index is 12.7. The highest BCUT2D eigenvalue weighted by Crippen LogP contribution is 2.37. The number of ether oxygens (including phenoxy) is 1. The predicted octanol–water partition coefficient (Wildman–Crippen LogP) is 2.64. The molecule has 3 rings (SSSR count). The van der Waals surface area contributed by atoms with E-state index in [0.29, 0.717) is 18.4 Å². The number of carbonyl (C=O) groups is 1. The van der Waals surface area contributed by atoms with Gasteiger partial charge in [-0.1, -0.05) is 6.07 Å². The van der Waals surface area contributed by atoms with E-state index < -0.39 is 0 Å². The minimum Gasteiger partial charge on any atom is -0.497 e. The lowest BCUT2D eigenvalue weighted by atomic mass is 9.76. The number of aryl methyl sites for hydroxylation is 1. The summed E-state index contributed by atoms with van der Waals surface area (Å²) in [6.07, 6.45) is 2.81. The first-order chi connectivity index (χ1) is 11.6. The Morgan fingerprint density at radius 1 is 1.33 bits per heavy atom. The topological polar surface area (TPSA) is 71.5 Å². The van der Waals surface area contributed by atoms with E-state index in [4.69, 9.17) is 4.74 Å². The summed E-state index contributed by atoms with van der Waals surface area (Å²) in [6.45, 7) is 1.89. The zero-order valence-corrected chi connectivity index (χ0v) is 13.9. The van der Waals surface area contributed by atoms with Gasteiger partial charge in [0.15, 0.2) is 0 Å². The van der Waals surface area contributed by atoms with Crippen LogP contribution in [0.1, 0.15) is 40.5 Å². The number of carbonyl (C=O) groups excluding carboxylic acids is 1. The second-order valence-electron chi connectivity index (χ2n) is 6.27. The number of nitrogens with zero attached hydrogens (tertiary/aromatic N) is 1. The van der Waals surface area contributed by atoms with Gasteiger partial charge in [-0.05, 0) is 61.6 Å². The number of aromatic nitrogens is 1. The molecule has 0 aliphatic heterocycles. The molecular formula is C19H22N2O3. The molecule has 1 aromatic heterocycles. The van der Waals surface area contributed by atoms with Gasteiger partial charge in [0.25, 0.3) is 5.91 Å². The normalized spacial score (nSPS) is 20.8. The van der Waals surface area contributed by atoms with E-state index in [-0.39, 0.29) is 24.0 Å². The number of amides is 1. The third-order valence-corrected chi connectivity index (χ3v) is 4.59. The number of hydrogen-bond acceptors (Lipinski definition) is 4. The molecule has 1 saturated carbocycles. The van der Waals surface area contributed by atoms with Crippen molar-refractivity contribution in [3.8, 4) is 5.75 Å². The average molecular weight is 326 g/mol. The Bertz CT molecular complexity index is 712. The first-order valence-corrected chi connectivity index (χ1v) is 8.13. The Balaban J connectivity index is 1.81. The number of nitrogens with one attached hydrogen (secondary N) is 1. The molecule has 1 amide bonds. The van der Waals surface area contributed by atoms with E-state index in [1.807, 2.05) is 31.2 Å². The third kappa shape index (κ3) is 3.41. The van der Waals surface area contributed by atoms with Crippen molar-refractivity contribution < 1.29 is 14.6 Å². The summed E-state index contributed by atoms with van der Waals surface area (Å²) < 4.78 is 5.19. The molecule has 126 valence electrons. The molecule has 2 N–H and O–H groups in total. The number of aliphatic hydroxyl groups is 1. The molecule has 0 saturated heterocycles. The van der Waals surface area contributed by atoms with Crippen molar-refractivity contribution in [1.82, 2.24) is 10.3 Å². The lowest BCUT2D eigenvalue weighted by Gasteiger charge is -2.37. The average Bonchev–Trinajstić information content (AvgIpc) is 2.57. The van der Waals surface area contributed by atoms with E-state index in [1.54, 1.807) is 25.4 Å². The monoisotopic (exact) mass is 326 g/mol. The first-order valence-electron chi connectivity index (χ1n) is 8.13. The van der Waals surface area contributed by atoms with E-state index >= 15 is 0 Å². The number of hydrogen-bond donors (Lipinski definition) is 2. The molecule has 1 aromatic carbocycles. The number of benzene rings is 1. The summed E-state index contributed by atoms with van der Waals surface area (Å²) in [5, 5.41) is 12.7. The molecule has 5 heteroatoms. The molecule has 1 unspecified atom stereocenters. The molecule has 24 heavy (non-hydrogen) atoms. The van der Waals surface area contributed by atoms with Crippen LogP contribution in [-0.4, -0.2) is 29.2 Å². The highest BCUT2D eigenvalue weighted by atomic mass is 16.5. The molecule has 5 nitrogen and oxygen atoms in total. The molecule has 2 aromatic rings. The van der Waals surface area contributed by atoms with E-state index in [2.05, 4.69) is 10.3 Å². The molecule has 0 radical (unpaired) electrons. The molecule has 1 aliphatic carbocycles. The van der Waals surface area contributed by atoms with Crippen LogP contribution in [0.25, 0.3) is 0 Å². The van der Waals surface area contributed by atoms with Crippen molar-refractivity contribution >= 4 is 5.91 Å². The quantitative estimate of drug-likeness (QED) is 0.886. The van der Waals surface area contributed by atoms with Crippen LogP contribution in [0.15, 0.2) is 42.6 Å². The van der Waals surface area contributed by atoms with E-state index in [0.717, 1.165) is 17.0 Å². The van der Waals surface area contributed by atoms with Gasteiger partial charge in [0, 0.05) is 11.8 Å². The smallest absolute Gasteiger partial charge is 0.252 e. The first kappa shape index (κ1) is 16.5. The Morgan fingerprint density at radius 2 is 2.12 bits per heavy atom. The minimum atomic E-state index is -0.277. The van der Waals surface area contributed by atoms with Crippen molar-refractivity contribution in [2.45, 2.75) is 31.9 Å². The van der Waals surface area contributed by atoms with E-state index in [1.165, 1.54) is 0 Å². The predicted molar refractivity (Wildman–Crippen MR) is 90.9 cm³/mol. The van der Waals surface area contributed by atoms with Crippen molar-refractivity contribution in [1.29, 1.82) is 0 Å². The zero-order chi connectivity index (χ0) is 17.1. The fourth-order valence-electron chi connectivity index (χ4n) is 3.13. The maximum Gasteiger partial charge on any atom is 0.252 e. The van der Waals surface area contributed by atoms with Gasteiger partial charge in [-0.25, -0.2) is 0 Å². The van der Waals surface area contributed by atoms with Gasteiger partial charge in [0.05, 0.1) is 24.9 Å². The second-order valence-corrected chi connectivity index (χ2v) is 6.27. The van der Waals surface area contributed by atoms with Crippen LogP contribution in [-0.2, 0) is 0 Å². The summed E-state index contributed by atoms with van der Waals surface area (Å²) in [5.41, 5.74) is 2.31. The SMILES string of the molecule is COc1ccc(C(=O)NC(c2ccccn2)C2CC(O)C2)c(C)c1. The molecular weight excluding hydrogens is 304 g/mol. The van der Waals surface area contributed by atoms with Gasteiger partial charge in [0.2, 0.25) is 0 Å². The van der Waals surface area contributed by atoms with E-state index in [9.17, 15) is 9.90 Å². The summed E-state index contributed by atoms with van der Waals surface area (Å²) in [5.74, 6) is 0.803. The van der Waals surface area contributed by atoms with Gasteiger partial charge in [0.1, 0.15) is 5.75 Å². The number of pyridine rings is 1. The minimum absolute atomic E-state index is 0.132. The molecule has 1 aliphatic rings. The number of methoxy groups -OCH3 is 1. The lowest BCUT2D eigenvalue weighted by Crippen LogP contribution is -2.41. The fraction of sp³-hybridized carbons (Fsp3) is 0.368. The Kier molecular flexibility index (Phi) is 4.81.